The van der Waals surface area contributed by atoms with E-state index in [9.17, 15) is 13.6 Å². The third-order valence-electron chi connectivity index (χ3n) is 3.04. The zero-order valence-corrected chi connectivity index (χ0v) is 11.1. The van der Waals surface area contributed by atoms with E-state index < -0.39 is 11.6 Å². The fourth-order valence-corrected chi connectivity index (χ4v) is 1.83. The zero-order chi connectivity index (χ0) is 14.3. The molecule has 0 aliphatic rings. The fraction of sp³-hybridized carbons (Fsp3) is 0.500. The van der Waals surface area contributed by atoms with E-state index in [-0.39, 0.29) is 11.8 Å². The van der Waals surface area contributed by atoms with Gasteiger partial charge in [0.25, 0.3) is 0 Å². The fourth-order valence-electron chi connectivity index (χ4n) is 1.83. The number of carbonyl (C=O) groups excluding carboxylic acids is 1. The Labute approximate surface area is 112 Å². The highest BCUT2D eigenvalue weighted by atomic mass is 19.1. The van der Waals surface area contributed by atoms with Gasteiger partial charge in [0.2, 0.25) is 5.91 Å². The van der Waals surface area contributed by atoms with Gasteiger partial charge in [-0.15, -0.1) is 0 Å². The molecule has 3 nitrogen and oxygen atoms in total. The van der Waals surface area contributed by atoms with E-state index in [1.807, 2.05) is 6.92 Å². The molecule has 0 aliphatic heterocycles. The van der Waals surface area contributed by atoms with Gasteiger partial charge < -0.3 is 11.1 Å². The maximum Gasteiger partial charge on any atom is 0.220 e. The molecule has 0 saturated heterocycles. The Morgan fingerprint density at radius 2 is 1.95 bits per heavy atom. The molecule has 0 saturated carbocycles. The quantitative estimate of drug-likeness (QED) is 0.796. The van der Waals surface area contributed by atoms with Crippen molar-refractivity contribution >= 4 is 5.91 Å². The summed E-state index contributed by atoms with van der Waals surface area (Å²) in [6.45, 7) is 2.84. The van der Waals surface area contributed by atoms with Gasteiger partial charge in [-0.1, -0.05) is 13.3 Å². The summed E-state index contributed by atoms with van der Waals surface area (Å²) < 4.78 is 25.9. The van der Waals surface area contributed by atoms with Crippen molar-refractivity contribution < 1.29 is 13.6 Å². The van der Waals surface area contributed by atoms with Gasteiger partial charge in [-0.2, -0.15) is 0 Å². The van der Waals surface area contributed by atoms with Crippen LogP contribution < -0.4 is 11.1 Å². The number of halogens is 2. The number of nitrogens with two attached hydrogens (primary N) is 1. The largest absolute Gasteiger partial charge is 0.356 e. The first kappa shape index (κ1) is 15.6. The second-order valence-corrected chi connectivity index (χ2v) is 4.59. The Hall–Kier alpha value is -1.49. The van der Waals surface area contributed by atoms with Gasteiger partial charge >= 0.3 is 0 Å². The minimum atomic E-state index is -0.601. The lowest BCUT2D eigenvalue weighted by atomic mass is 10.0. The normalized spacial score (nSPS) is 12.2. The molecule has 0 heterocycles. The van der Waals surface area contributed by atoms with Crippen LogP contribution in [-0.4, -0.2) is 19.0 Å². The van der Waals surface area contributed by atoms with Crippen LogP contribution in [0.1, 0.15) is 25.3 Å². The molecule has 1 rings (SSSR count). The number of nitrogens with one attached hydrogen (secondary N) is 1. The minimum absolute atomic E-state index is 0.0748. The molecular formula is C14H20F2N2O. The van der Waals surface area contributed by atoms with Gasteiger partial charge in [-0.25, -0.2) is 8.78 Å². The lowest BCUT2D eigenvalue weighted by Gasteiger charge is -2.12. The number of hydrogen-bond acceptors (Lipinski definition) is 2. The monoisotopic (exact) mass is 270 g/mol. The molecule has 19 heavy (non-hydrogen) atoms. The zero-order valence-electron chi connectivity index (χ0n) is 11.1. The Morgan fingerprint density at radius 1 is 1.32 bits per heavy atom. The molecule has 0 aromatic heterocycles. The molecule has 1 unspecified atom stereocenters. The van der Waals surface area contributed by atoms with Crippen LogP contribution in [0.2, 0.25) is 0 Å². The first-order valence-corrected chi connectivity index (χ1v) is 6.46. The van der Waals surface area contributed by atoms with Gasteiger partial charge in [0.05, 0.1) is 0 Å². The van der Waals surface area contributed by atoms with Crippen LogP contribution in [0.15, 0.2) is 18.2 Å². The Balaban J connectivity index is 2.35. The van der Waals surface area contributed by atoms with E-state index in [0.29, 0.717) is 31.5 Å². The highest BCUT2D eigenvalue weighted by molar-refractivity contribution is 5.76. The van der Waals surface area contributed by atoms with E-state index in [1.165, 1.54) is 12.1 Å². The van der Waals surface area contributed by atoms with Crippen LogP contribution in [0.4, 0.5) is 8.78 Å². The van der Waals surface area contributed by atoms with Crippen LogP contribution in [-0.2, 0) is 11.2 Å². The third kappa shape index (κ3) is 5.79. The summed E-state index contributed by atoms with van der Waals surface area (Å²) >= 11 is 0. The van der Waals surface area contributed by atoms with Crippen LogP contribution >= 0.6 is 0 Å². The van der Waals surface area contributed by atoms with Gasteiger partial charge in [0, 0.05) is 19.0 Å². The lowest BCUT2D eigenvalue weighted by molar-refractivity contribution is -0.121. The second kappa shape index (κ2) is 7.84. The first-order valence-electron chi connectivity index (χ1n) is 6.46. The maximum absolute atomic E-state index is 12.9. The van der Waals surface area contributed by atoms with Crippen molar-refractivity contribution in [2.24, 2.45) is 11.7 Å². The maximum atomic E-state index is 12.9. The van der Waals surface area contributed by atoms with Crippen LogP contribution in [0, 0.1) is 17.6 Å². The van der Waals surface area contributed by atoms with Crippen molar-refractivity contribution in [1.82, 2.24) is 5.32 Å². The summed E-state index contributed by atoms with van der Waals surface area (Å²) in [6.07, 6.45) is 1.66. The number of hydrogen-bond donors (Lipinski definition) is 2. The van der Waals surface area contributed by atoms with Gasteiger partial charge in [0.15, 0.2) is 0 Å². The highest BCUT2D eigenvalue weighted by Crippen LogP contribution is 2.08. The van der Waals surface area contributed by atoms with Crippen molar-refractivity contribution in [1.29, 1.82) is 0 Å². The van der Waals surface area contributed by atoms with E-state index in [2.05, 4.69) is 5.32 Å². The molecule has 0 aliphatic carbocycles. The summed E-state index contributed by atoms with van der Waals surface area (Å²) in [5.41, 5.74) is 6.05. The van der Waals surface area contributed by atoms with Crippen molar-refractivity contribution in [2.45, 2.75) is 26.2 Å². The third-order valence-corrected chi connectivity index (χ3v) is 3.04. The predicted octanol–water partition coefficient (Wildman–Crippen LogP) is 2.00. The number of rotatable bonds is 7. The van der Waals surface area contributed by atoms with E-state index in [1.54, 1.807) is 0 Å². The Kier molecular flexibility index (Phi) is 6.42. The van der Waals surface area contributed by atoms with Gasteiger partial charge in [0.1, 0.15) is 11.6 Å². The minimum Gasteiger partial charge on any atom is -0.356 e. The van der Waals surface area contributed by atoms with E-state index in [0.717, 1.165) is 12.5 Å². The molecule has 5 heteroatoms. The van der Waals surface area contributed by atoms with Gasteiger partial charge in [-0.3, -0.25) is 4.79 Å². The summed E-state index contributed by atoms with van der Waals surface area (Å²) in [5, 5.41) is 2.73. The molecule has 1 aromatic carbocycles. The smallest absolute Gasteiger partial charge is 0.220 e. The Morgan fingerprint density at radius 3 is 2.47 bits per heavy atom. The van der Waals surface area contributed by atoms with Crippen molar-refractivity contribution in [3.63, 3.8) is 0 Å². The number of benzene rings is 1. The van der Waals surface area contributed by atoms with Crippen molar-refractivity contribution in [3.8, 4) is 0 Å². The number of carbonyl (C=O) groups is 1. The topological polar surface area (TPSA) is 55.1 Å². The standard InChI is InChI=1S/C14H20F2N2O/c1-2-10(9-17)7-14(19)18-4-3-11-5-12(15)8-13(16)6-11/h5-6,8,10H,2-4,7,9,17H2,1H3,(H,18,19). The van der Waals surface area contributed by atoms with Gasteiger partial charge in [-0.05, 0) is 36.6 Å². The van der Waals surface area contributed by atoms with E-state index >= 15 is 0 Å². The predicted molar refractivity (Wildman–Crippen MR) is 70.5 cm³/mol. The molecule has 0 spiro atoms. The average Bonchev–Trinajstić information content (AvgIpc) is 2.34. The molecule has 0 fully saturated rings. The second-order valence-electron chi connectivity index (χ2n) is 4.59. The van der Waals surface area contributed by atoms with Crippen LogP contribution in [0.5, 0.6) is 0 Å². The molecule has 0 bridgehead atoms. The molecule has 106 valence electrons. The highest BCUT2D eigenvalue weighted by Gasteiger charge is 2.10. The van der Waals surface area contributed by atoms with Crippen LogP contribution in [0.3, 0.4) is 0 Å². The first-order chi connectivity index (χ1) is 9.05. The summed E-state index contributed by atoms with van der Waals surface area (Å²) in [6, 6.07) is 3.36. The molecule has 1 aromatic rings. The average molecular weight is 270 g/mol. The molecule has 1 amide bonds. The lowest BCUT2D eigenvalue weighted by Crippen LogP contribution is -2.29. The van der Waals surface area contributed by atoms with Crippen molar-refractivity contribution in [3.05, 3.63) is 35.4 Å². The van der Waals surface area contributed by atoms with Crippen LogP contribution in [0.25, 0.3) is 0 Å². The summed E-state index contributed by atoms with van der Waals surface area (Å²) in [4.78, 5) is 11.6. The summed E-state index contributed by atoms with van der Waals surface area (Å²) in [5.74, 6) is -1.09. The molecule has 1 atom stereocenters. The van der Waals surface area contributed by atoms with E-state index in [4.69, 9.17) is 5.73 Å². The Bertz CT molecular complexity index is 400. The summed E-state index contributed by atoms with van der Waals surface area (Å²) in [7, 11) is 0. The molecule has 0 radical (unpaired) electrons. The molecular weight excluding hydrogens is 250 g/mol. The van der Waals surface area contributed by atoms with Crippen molar-refractivity contribution in [2.75, 3.05) is 13.1 Å². The SMILES string of the molecule is CCC(CN)CC(=O)NCCc1cc(F)cc(F)c1. The molecule has 3 N–H and O–H groups in total. The number of amides is 1.